The van der Waals surface area contributed by atoms with Crippen LogP contribution in [0.3, 0.4) is 0 Å². The van der Waals surface area contributed by atoms with E-state index in [1.54, 1.807) is 6.07 Å². The van der Waals surface area contributed by atoms with E-state index in [0.717, 1.165) is 22.3 Å². The normalized spacial score (nSPS) is 11.8. The van der Waals surface area contributed by atoms with Gasteiger partial charge in [-0.15, -0.1) is 0 Å². The Hall–Kier alpha value is -3.59. The molecule has 1 unspecified atom stereocenters. The van der Waals surface area contributed by atoms with E-state index in [4.69, 9.17) is 9.47 Å². The second-order valence-corrected chi connectivity index (χ2v) is 6.53. The van der Waals surface area contributed by atoms with Crippen molar-refractivity contribution in [3.63, 3.8) is 0 Å². The molecule has 0 radical (unpaired) electrons. The number of hydrogen-bond acceptors (Lipinski definition) is 3. The Morgan fingerprint density at radius 3 is 2.21 bits per heavy atom. The van der Waals surface area contributed by atoms with Gasteiger partial charge < -0.3 is 9.47 Å². The minimum absolute atomic E-state index is 0.341. The summed E-state index contributed by atoms with van der Waals surface area (Å²) < 4.78 is 11.3. The fourth-order valence-electron chi connectivity index (χ4n) is 3.28. The zero-order valence-corrected chi connectivity index (χ0v) is 15.5. The SMILES string of the molecule is COC(=O)c1cccc(C(Oc2ccc3ccccc3c2)c2ccccc2)c1. The predicted molar refractivity (Wildman–Crippen MR) is 111 cm³/mol. The first kappa shape index (κ1) is 17.8. The van der Waals surface area contributed by atoms with Gasteiger partial charge in [-0.25, -0.2) is 4.79 Å². The van der Waals surface area contributed by atoms with E-state index in [9.17, 15) is 4.79 Å². The molecule has 0 spiro atoms. The molecular formula is C25H20O3. The molecule has 3 heteroatoms. The van der Waals surface area contributed by atoms with Crippen LogP contribution in [-0.2, 0) is 4.74 Å². The molecule has 4 aromatic carbocycles. The molecule has 4 rings (SSSR count). The maximum Gasteiger partial charge on any atom is 0.337 e. The summed E-state index contributed by atoms with van der Waals surface area (Å²) in [6.45, 7) is 0. The van der Waals surface area contributed by atoms with Gasteiger partial charge in [0.25, 0.3) is 0 Å². The molecular weight excluding hydrogens is 348 g/mol. The highest BCUT2D eigenvalue weighted by molar-refractivity contribution is 5.89. The fraction of sp³-hybridized carbons (Fsp3) is 0.0800. The Bertz CT molecular complexity index is 1100. The highest BCUT2D eigenvalue weighted by atomic mass is 16.5. The van der Waals surface area contributed by atoms with Crippen LogP contribution in [0.5, 0.6) is 5.75 Å². The van der Waals surface area contributed by atoms with Crippen molar-refractivity contribution in [3.8, 4) is 5.75 Å². The van der Waals surface area contributed by atoms with E-state index < -0.39 is 0 Å². The molecule has 4 aromatic rings. The van der Waals surface area contributed by atoms with E-state index in [1.165, 1.54) is 12.5 Å². The van der Waals surface area contributed by atoms with Gasteiger partial charge in [-0.05, 0) is 46.2 Å². The smallest absolute Gasteiger partial charge is 0.337 e. The Morgan fingerprint density at radius 1 is 0.714 bits per heavy atom. The summed E-state index contributed by atoms with van der Waals surface area (Å²) in [6.07, 6.45) is -0.341. The average Bonchev–Trinajstić information content (AvgIpc) is 2.77. The van der Waals surface area contributed by atoms with Gasteiger partial charge in [-0.3, -0.25) is 0 Å². The number of benzene rings is 4. The number of fused-ring (bicyclic) bond motifs is 1. The number of ether oxygens (including phenoxy) is 2. The third-order valence-electron chi connectivity index (χ3n) is 4.69. The Kier molecular flexibility index (Phi) is 5.07. The molecule has 28 heavy (non-hydrogen) atoms. The largest absolute Gasteiger partial charge is 0.481 e. The molecule has 0 N–H and O–H groups in total. The van der Waals surface area contributed by atoms with Crippen LogP contribution in [0.4, 0.5) is 0 Å². The van der Waals surface area contributed by atoms with Crippen molar-refractivity contribution in [2.75, 3.05) is 7.11 Å². The van der Waals surface area contributed by atoms with Crippen LogP contribution in [0, 0.1) is 0 Å². The van der Waals surface area contributed by atoms with Crippen molar-refractivity contribution in [2.24, 2.45) is 0 Å². The van der Waals surface area contributed by atoms with Crippen LogP contribution in [0.1, 0.15) is 27.6 Å². The molecule has 3 nitrogen and oxygen atoms in total. The highest BCUT2D eigenvalue weighted by Crippen LogP contribution is 2.31. The van der Waals surface area contributed by atoms with Crippen molar-refractivity contribution in [1.29, 1.82) is 0 Å². The van der Waals surface area contributed by atoms with E-state index >= 15 is 0 Å². The maximum atomic E-state index is 12.0. The molecule has 0 saturated carbocycles. The maximum absolute atomic E-state index is 12.0. The van der Waals surface area contributed by atoms with Gasteiger partial charge in [0.1, 0.15) is 11.9 Å². The standard InChI is InChI=1S/C25H20O3/c1-27-25(26)22-13-7-12-21(16-22)24(19-9-3-2-4-10-19)28-23-15-14-18-8-5-6-11-20(18)17-23/h2-17,24H,1H3. The lowest BCUT2D eigenvalue weighted by Crippen LogP contribution is -2.11. The molecule has 0 aliphatic carbocycles. The summed E-state index contributed by atoms with van der Waals surface area (Å²) >= 11 is 0. The van der Waals surface area contributed by atoms with Crippen LogP contribution in [0.25, 0.3) is 10.8 Å². The summed E-state index contributed by atoms with van der Waals surface area (Å²) in [4.78, 5) is 12.0. The monoisotopic (exact) mass is 368 g/mol. The van der Waals surface area contributed by atoms with Gasteiger partial charge in [-0.1, -0.05) is 72.8 Å². The van der Waals surface area contributed by atoms with Crippen molar-refractivity contribution < 1.29 is 14.3 Å². The molecule has 0 amide bonds. The summed E-state index contributed by atoms with van der Waals surface area (Å²) in [6, 6.07) is 31.6. The van der Waals surface area contributed by atoms with Crippen molar-refractivity contribution in [2.45, 2.75) is 6.10 Å². The van der Waals surface area contributed by atoms with Crippen LogP contribution in [0.15, 0.2) is 97.1 Å². The summed E-state index contributed by atoms with van der Waals surface area (Å²) in [5, 5.41) is 2.29. The predicted octanol–water partition coefficient (Wildman–Crippen LogP) is 5.79. The number of esters is 1. The quantitative estimate of drug-likeness (QED) is 0.418. The topological polar surface area (TPSA) is 35.5 Å². The molecule has 0 aliphatic rings. The molecule has 0 bridgehead atoms. The van der Waals surface area contributed by atoms with Gasteiger partial charge in [0.05, 0.1) is 12.7 Å². The second kappa shape index (κ2) is 7.97. The molecule has 0 aliphatic heterocycles. The minimum atomic E-state index is -0.362. The third-order valence-corrected chi connectivity index (χ3v) is 4.69. The Balaban J connectivity index is 1.74. The van der Waals surface area contributed by atoms with Crippen molar-refractivity contribution in [1.82, 2.24) is 0 Å². The molecule has 1 atom stereocenters. The van der Waals surface area contributed by atoms with Gasteiger partial charge in [0.2, 0.25) is 0 Å². The Morgan fingerprint density at radius 2 is 1.43 bits per heavy atom. The first-order valence-electron chi connectivity index (χ1n) is 9.13. The van der Waals surface area contributed by atoms with Gasteiger partial charge in [0, 0.05) is 0 Å². The summed E-state index contributed by atoms with van der Waals surface area (Å²) in [5.74, 6) is 0.412. The Labute approximate surface area is 164 Å². The van der Waals surface area contributed by atoms with Crippen LogP contribution < -0.4 is 4.74 Å². The van der Waals surface area contributed by atoms with Crippen LogP contribution >= 0.6 is 0 Å². The fourth-order valence-corrected chi connectivity index (χ4v) is 3.28. The lowest BCUT2D eigenvalue weighted by Gasteiger charge is -2.21. The number of carbonyl (C=O) groups excluding carboxylic acids is 1. The van der Waals surface area contributed by atoms with Crippen molar-refractivity contribution in [3.05, 3.63) is 114 Å². The number of methoxy groups -OCH3 is 1. The van der Waals surface area contributed by atoms with Gasteiger partial charge in [-0.2, -0.15) is 0 Å². The van der Waals surface area contributed by atoms with Crippen LogP contribution in [0.2, 0.25) is 0 Å². The number of hydrogen-bond donors (Lipinski definition) is 0. The molecule has 0 aromatic heterocycles. The zero-order chi connectivity index (χ0) is 19.3. The number of rotatable bonds is 5. The van der Waals surface area contributed by atoms with Gasteiger partial charge in [0.15, 0.2) is 0 Å². The zero-order valence-electron chi connectivity index (χ0n) is 15.5. The summed E-state index contributed by atoms with van der Waals surface area (Å²) in [5.41, 5.74) is 2.41. The molecule has 138 valence electrons. The van der Waals surface area contributed by atoms with Crippen LogP contribution in [-0.4, -0.2) is 13.1 Å². The third kappa shape index (κ3) is 3.74. The molecule has 0 heterocycles. The first-order chi connectivity index (χ1) is 13.7. The van der Waals surface area contributed by atoms with E-state index in [1.807, 2.05) is 72.8 Å². The number of carbonyl (C=O) groups is 1. The first-order valence-corrected chi connectivity index (χ1v) is 9.13. The second-order valence-electron chi connectivity index (χ2n) is 6.53. The lowest BCUT2D eigenvalue weighted by molar-refractivity contribution is 0.0600. The lowest BCUT2D eigenvalue weighted by atomic mass is 9.99. The van der Waals surface area contributed by atoms with Gasteiger partial charge >= 0.3 is 5.97 Å². The van der Waals surface area contributed by atoms with Crippen molar-refractivity contribution >= 4 is 16.7 Å². The van der Waals surface area contributed by atoms with E-state index in [0.29, 0.717) is 5.56 Å². The summed E-state index contributed by atoms with van der Waals surface area (Å²) in [7, 11) is 1.38. The molecule has 0 saturated heterocycles. The molecule has 0 fully saturated rings. The van der Waals surface area contributed by atoms with E-state index in [-0.39, 0.29) is 12.1 Å². The van der Waals surface area contributed by atoms with E-state index in [2.05, 4.69) is 18.2 Å². The highest BCUT2D eigenvalue weighted by Gasteiger charge is 2.18. The average molecular weight is 368 g/mol. The minimum Gasteiger partial charge on any atom is -0.481 e.